The molecule has 2 N–H and O–H groups in total. The van der Waals surface area contributed by atoms with E-state index in [-0.39, 0.29) is 5.54 Å². The predicted octanol–water partition coefficient (Wildman–Crippen LogP) is 3.40. The Balaban J connectivity index is 2.61. The molecule has 0 aliphatic heterocycles. The van der Waals surface area contributed by atoms with E-state index in [1.54, 1.807) is 0 Å². The maximum atomic E-state index is 6.54. The fourth-order valence-corrected chi connectivity index (χ4v) is 3.26. The summed E-state index contributed by atoms with van der Waals surface area (Å²) in [6, 6.07) is 0.721. The zero-order valence-electron chi connectivity index (χ0n) is 12.3. The molecule has 0 aromatic heterocycles. The average molecular weight is 240 g/mol. The SMILES string of the molecule is CCC(CC)N(CC(C)C)CC1(N)CCCC1. The standard InChI is InChI=1S/C15H32N2/c1-5-14(6-2)17(11-13(3)4)12-15(16)9-7-8-10-15/h13-14H,5-12,16H2,1-4H3. The van der Waals surface area contributed by atoms with Crippen LogP contribution in [0.25, 0.3) is 0 Å². The lowest BCUT2D eigenvalue weighted by Crippen LogP contribution is -2.52. The summed E-state index contributed by atoms with van der Waals surface area (Å²) < 4.78 is 0. The van der Waals surface area contributed by atoms with Gasteiger partial charge in [-0.2, -0.15) is 0 Å². The van der Waals surface area contributed by atoms with E-state index < -0.39 is 0 Å². The zero-order chi connectivity index (χ0) is 12.9. The first-order chi connectivity index (χ1) is 8.00. The van der Waals surface area contributed by atoms with Gasteiger partial charge in [-0.15, -0.1) is 0 Å². The van der Waals surface area contributed by atoms with Gasteiger partial charge in [0, 0.05) is 24.7 Å². The first-order valence-electron chi connectivity index (χ1n) is 7.53. The topological polar surface area (TPSA) is 29.3 Å². The molecular weight excluding hydrogens is 208 g/mol. The van der Waals surface area contributed by atoms with Crippen LogP contribution in [0.5, 0.6) is 0 Å². The molecule has 1 saturated carbocycles. The Morgan fingerprint density at radius 3 is 2.06 bits per heavy atom. The Kier molecular flexibility index (Phi) is 5.94. The van der Waals surface area contributed by atoms with Crippen LogP contribution < -0.4 is 5.73 Å². The van der Waals surface area contributed by atoms with Crippen LogP contribution in [0.3, 0.4) is 0 Å². The molecule has 0 unspecified atom stereocenters. The van der Waals surface area contributed by atoms with E-state index in [2.05, 4.69) is 32.6 Å². The maximum absolute atomic E-state index is 6.54. The minimum Gasteiger partial charge on any atom is -0.324 e. The van der Waals surface area contributed by atoms with E-state index in [1.165, 1.54) is 45.1 Å². The third-order valence-electron chi connectivity index (χ3n) is 4.18. The molecule has 1 rings (SSSR count). The Hall–Kier alpha value is -0.0800. The van der Waals surface area contributed by atoms with Crippen molar-refractivity contribution in [2.45, 2.75) is 77.8 Å². The second kappa shape index (κ2) is 6.75. The van der Waals surface area contributed by atoms with E-state index in [0.717, 1.165) is 18.5 Å². The summed E-state index contributed by atoms with van der Waals surface area (Å²) in [6.07, 6.45) is 7.60. The van der Waals surface area contributed by atoms with Gasteiger partial charge < -0.3 is 5.73 Å². The van der Waals surface area contributed by atoms with Gasteiger partial charge in [-0.25, -0.2) is 0 Å². The Morgan fingerprint density at radius 2 is 1.65 bits per heavy atom. The fourth-order valence-electron chi connectivity index (χ4n) is 3.26. The molecule has 0 atom stereocenters. The third-order valence-corrected chi connectivity index (χ3v) is 4.18. The summed E-state index contributed by atoms with van der Waals surface area (Å²) in [5.41, 5.74) is 6.65. The van der Waals surface area contributed by atoms with Gasteiger partial charge >= 0.3 is 0 Å². The molecule has 0 bridgehead atoms. The van der Waals surface area contributed by atoms with Crippen LogP contribution in [0.1, 0.15) is 66.2 Å². The molecule has 0 heterocycles. The molecule has 0 aromatic carbocycles. The van der Waals surface area contributed by atoms with Crippen molar-refractivity contribution in [3.05, 3.63) is 0 Å². The quantitative estimate of drug-likeness (QED) is 0.739. The van der Waals surface area contributed by atoms with Gasteiger partial charge in [-0.05, 0) is 31.6 Å². The number of hydrogen-bond donors (Lipinski definition) is 1. The third kappa shape index (κ3) is 4.59. The smallest absolute Gasteiger partial charge is 0.0283 e. The van der Waals surface area contributed by atoms with Crippen LogP contribution in [-0.4, -0.2) is 29.6 Å². The highest BCUT2D eigenvalue weighted by atomic mass is 15.2. The molecule has 0 radical (unpaired) electrons. The first kappa shape index (κ1) is 15.0. The summed E-state index contributed by atoms with van der Waals surface area (Å²) >= 11 is 0. The maximum Gasteiger partial charge on any atom is 0.0283 e. The van der Waals surface area contributed by atoms with Crippen molar-refractivity contribution >= 4 is 0 Å². The minimum absolute atomic E-state index is 0.109. The van der Waals surface area contributed by atoms with Gasteiger partial charge in [0.25, 0.3) is 0 Å². The molecule has 0 saturated heterocycles. The van der Waals surface area contributed by atoms with Crippen molar-refractivity contribution < 1.29 is 0 Å². The lowest BCUT2D eigenvalue weighted by molar-refractivity contribution is 0.129. The van der Waals surface area contributed by atoms with Gasteiger partial charge in [0.05, 0.1) is 0 Å². The second-order valence-electron chi connectivity index (χ2n) is 6.36. The lowest BCUT2D eigenvalue weighted by atomic mass is 9.96. The van der Waals surface area contributed by atoms with E-state index in [9.17, 15) is 0 Å². The number of nitrogens with zero attached hydrogens (tertiary/aromatic N) is 1. The molecule has 2 nitrogen and oxygen atoms in total. The van der Waals surface area contributed by atoms with E-state index in [1.807, 2.05) is 0 Å². The van der Waals surface area contributed by atoms with Gasteiger partial charge in [0.2, 0.25) is 0 Å². The Labute approximate surface area is 108 Å². The summed E-state index contributed by atoms with van der Waals surface area (Å²) in [5, 5.41) is 0. The van der Waals surface area contributed by atoms with E-state index in [0.29, 0.717) is 0 Å². The molecule has 1 fully saturated rings. The highest BCUT2D eigenvalue weighted by Crippen LogP contribution is 2.29. The summed E-state index contributed by atoms with van der Waals surface area (Å²) in [5.74, 6) is 0.737. The number of nitrogens with two attached hydrogens (primary N) is 1. The predicted molar refractivity (Wildman–Crippen MR) is 76.2 cm³/mol. The van der Waals surface area contributed by atoms with Gasteiger partial charge in [-0.1, -0.05) is 40.5 Å². The summed E-state index contributed by atoms with van der Waals surface area (Å²) in [4.78, 5) is 2.66. The summed E-state index contributed by atoms with van der Waals surface area (Å²) in [7, 11) is 0. The van der Waals surface area contributed by atoms with Crippen molar-refractivity contribution in [2.24, 2.45) is 11.7 Å². The average Bonchev–Trinajstić information content (AvgIpc) is 2.65. The highest BCUT2D eigenvalue weighted by molar-refractivity contribution is 4.93. The van der Waals surface area contributed by atoms with Crippen LogP contribution >= 0.6 is 0 Å². The van der Waals surface area contributed by atoms with Crippen molar-refractivity contribution in [3.63, 3.8) is 0 Å². The normalized spacial score (nSPS) is 19.8. The minimum atomic E-state index is 0.109. The molecule has 2 heteroatoms. The fraction of sp³-hybridized carbons (Fsp3) is 1.00. The van der Waals surface area contributed by atoms with Crippen LogP contribution in [-0.2, 0) is 0 Å². The lowest BCUT2D eigenvalue weighted by Gasteiger charge is -2.38. The van der Waals surface area contributed by atoms with Crippen molar-refractivity contribution in [2.75, 3.05) is 13.1 Å². The monoisotopic (exact) mass is 240 g/mol. The number of rotatable bonds is 7. The molecule has 102 valence electrons. The van der Waals surface area contributed by atoms with Gasteiger partial charge in [-0.3, -0.25) is 4.90 Å². The second-order valence-corrected chi connectivity index (χ2v) is 6.36. The van der Waals surface area contributed by atoms with Crippen LogP contribution in [0, 0.1) is 5.92 Å². The van der Waals surface area contributed by atoms with Crippen LogP contribution in [0.15, 0.2) is 0 Å². The highest BCUT2D eigenvalue weighted by Gasteiger charge is 2.33. The molecular formula is C15H32N2. The van der Waals surface area contributed by atoms with Crippen LogP contribution in [0.2, 0.25) is 0 Å². The molecule has 17 heavy (non-hydrogen) atoms. The molecule has 0 aromatic rings. The largest absolute Gasteiger partial charge is 0.324 e. The Morgan fingerprint density at radius 1 is 1.12 bits per heavy atom. The molecule has 0 amide bonds. The van der Waals surface area contributed by atoms with Crippen molar-refractivity contribution in [3.8, 4) is 0 Å². The van der Waals surface area contributed by atoms with Crippen molar-refractivity contribution in [1.29, 1.82) is 0 Å². The molecule has 1 aliphatic carbocycles. The zero-order valence-corrected chi connectivity index (χ0v) is 12.3. The van der Waals surface area contributed by atoms with Crippen molar-refractivity contribution in [1.82, 2.24) is 4.90 Å². The van der Waals surface area contributed by atoms with Gasteiger partial charge in [0.1, 0.15) is 0 Å². The molecule has 0 spiro atoms. The van der Waals surface area contributed by atoms with E-state index >= 15 is 0 Å². The Bertz CT molecular complexity index is 203. The first-order valence-corrected chi connectivity index (χ1v) is 7.53. The summed E-state index contributed by atoms with van der Waals surface area (Å²) in [6.45, 7) is 11.5. The van der Waals surface area contributed by atoms with Crippen LogP contribution in [0.4, 0.5) is 0 Å². The van der Waals surface area contributed by atoms with Gasteiger partial charge in [0.15, 0.2) is 0 Å². The van der Waals surface area contributed by atoms with E-state index in [4.69, 9.17) is 5.73 Å². The molecule has 1 aliphatic rings. The number of hydrogen-bond acceptors (Lipinski definition) is 2.